The van der Waals surface area contributed by atoms with Gasteiger partial charge in [-0.2, -0.15) is 8.42 Å². The van der Waals surface area contributed by atoms with E-state index in [1.165, 1.54) is 0 Å². The van der Waals surface area contributed by atoms with Crippen LogP contribution in [0.25, 0.3) is 0 Å². The zero-order chi connectivity index (χ0) is 23.7. The van der Waals surface area contributed by atoms with Gasteiger partial charge in [-0.3, -0.25) is 9.35 Å². The molecular formula is C14H21NO15S. The smallest absolute Gasteiger partial charge is 0.397 e. The van der Waals surface area contributed by atoms with E-state index in [1.54, 1.807) is 0 Å². The van der Waals surface area contributed by atoms with Gasteiger partial charge < -0.3 is 50.2 Å². The molecule has 2 rings (SSSR count). The Kier molecular flexibility index (Phi) is 7.79. The van der Waals surface area contributed by atoms with Gasteiger partial charge in [0, 0.05) is 6.92 Å². The number of amides is 1. The SMILES string of the molecule is CC(=O)N[C@@H]1[C@@H](O)[C@H](O[C@@H]2OC(C(=O)O)=C(O)[C@H](O)[C@H]2OS(=O)(=O)O)[C@@H](CO)O[C@@H]1O. The molecule has 0 aliphatic carbocycles. The first-order valence-corrected chi connectivity index (χ1v) is 9.85. The lowest BCUT2D eigenvalue weighted by molar-refractivity contribution is -0.307. The normalized spacial score (nSPS) is 36.6. The maximum absolute atomic E-state index is 11.3. The second kappa shape index (κ2) is 9.59. The first kappa shape index (κ1) is 25.2. The molecule has 2 aliphatic heterocycles. The average Bonchev–Trinajstić information content (AvgIpc) is 2.64. The van der Waals surface area contributed by atoms with Gasteiger partial charge in [-0.25, -0.2) is 8.98 Å². The molecule has 16 nitrogen and oxygen atoms in total. The molecule has 0 aromatic rings. The Morgan fingerprint density at radius 3 is 2.29 bits per heavy atom. The van der Waals surface area contributed by atoms with E-state index in [-0.39, 0.29) is 0 Å². The standard InChI is InChI=1S/C14H21NO15S/c1-3(17)15-5-6(18)9(4(2-16)27-13(5)23)28-14-11(30-31(24,25)26)8(20)7(19)10(29-14)12(21)22/h4-6,8-9,11,13-14,16,18-20,23H,2H2,1H3,(H,15,17)(H,21,22)(H,24,25,26)/t4-,5-,6-,8+,9-,11-,13+,14-/m1/s1. The van der Waals surface area contributed by atoms with E-state index in [0.717, 1.165) is 6.92 Å². The van der Waals surface area contributed by atoms with E-state index in [4.69, 9.17) is 23.9 Å². The fourth-order valence-corrected chi connectivity index (χ4v) is 3.46. The summed E-state index contributed by atoms with van der Waals surface area (Å²) >= 11 is 0. The number of carboxylic acids is 1. The first-order chi connectivity index (χ1) is 14.3. The van der Waals surface area contributed by atoms with Crippen LogP contribution in [-0.2, 0) is 38.4 Å². The molecule has 2 aliphatic rings. The Hall–Kier alpha value is -2.09. The summed E-state index contributed by atoms with van der Waals surface area (Å²) in [5.41, 5.74) is 0. The summed E-state index contributed by atoms with van der Waals surface area (Å²) in [7, 11) is -5.30. The zero-order valence-electron chi connectivity index (χ0n) is 15.6. The Labute approximate surface area is 174 Å². The van der Waals surface area contributed by atoms with Gasteiger partial charge in [0.1, 0.15) is 30.5 Å². The molecule has 0 saturated carbocycles. The van der Waals surface area contributed by atoms with E-state index >= 15 is 0 Å². The zero-order valence-corrected chi connectivity index (χ0v) is 16.4. The highest BCUT2D eigenvalue weighted by atomic mass is 32.3. The number of aliphatic hydroxyl groups is 5. The van der Waals surface area contributed by atoms with Gasteiger partial charge in [0.25, 0.3) is 0 Å². The predicted octanol–water partition coefficient (Wildman–Crippen LogP) is -4.29. The van der Waals surface area contributed by atoms with Crippen molar-refractivity contribution < 1.29 is 71.6 Å². The van der Waals surface area contributed by atoms with Crippen LogP contribution in [0.3, 0.4) is 0 Å². The Morgan fingerprint density at radius 1 is 1.19 bits per heavy atom. The van der Waals surface area contributed by atoms with Crippen LogP contribution in [-0.4, -0.2) is 111 Å². The Morgan fingerprint density at radius 2 is 1.81 bits per heavy atom. The molecule has 17 heteroatoms. The first-order valence-electron chi connectivity index (χ1n) is 8.48. The molecule has 8 atom stereocenters. The molecule has 0 aromatic heterocycles. The van der Waals surface area contributed by atoms with E-state index in [1.807, 2.05) is 0 Å². The van der Waals surface area contributed by atoms with E-state index in [2.05, 4.69) is 9.50 Å². The largest absolute Gasteiger partial charge is 0.506 e. The minimum absolute atomic E-state index is 0.703. The topological polar surface area (TPSA) is 259 Å². The third kappa shape index (κ3) is 5.79. The van der Waals surface area contributed by atoms with Crippen molar-refractivity contribution in [2.45, 2.75) is 56.1 Å². The van der Waals surface area contributed by atoms with Crippen molar-refractivity contribution >= 4 is 22.3 Å². The van der Waals surface area contributed by atoms with Crippen molar-refractivity contribution in [1.82, 2.24) is 5.32 Å². The van der Waals surface area contributed by atoms with Gasteiger partial charge in [-0.15, -0.1) is 0 Å². The van der Waals surface area contributed by atoms with Gasteiger partial charge in [-0.1, -0.05) is 0 Å². The molecule has 1 saturated heterocycles. The number of ether oxygens (including phenoxy) is 3. The molecule has 0 bridgehead atoms. The maximum Gasteiger partial charge on any atom is 0.397 e. The molecule has 0 aromatic carbocycles. The number of carbonyl (C=O) groups excluding carboxylic acids is 1. The summed E-state index contributed by atoms with van der Waals surface area (Å²) < 4.78 is 50.5. The maximum atomic E-state index is 11.3. The quantitative estimate of drug-likeness (QED) is 0.162. The summed E-state index contributed by atoms with van der Waals surface area (Å²) in [6.45, 7) is 0.161. The van der Waals surface area contributed by atoms with Gasteiger partial charge in [-0.05, 0) is 0 Å². The second-order valence-electron chi connectivity index (χ2n) is 6.50. The van der Waals surface area contributed by atoms with Crippen molar-refractivity contribution in [3.63, 3.8) is 0 Å². The lowest BCUT2D eigenvalue weighted by Crippen LogP contribution is -2.66. The number of hydrogen-bond donors (Lipinski definition) is 8. The molecule has 0 spiro atoms. The third-order valence-electron chi connectivity index (χ3n) is 4.29. The fourth-order valence-electron chi connectivity index (χ4n) is 2.98. The van der Waals surface area contributed by atoms with Crippen LogP contribution in [0, 0.1) is 0 Å². The van der Waals surface area contributed by atoms with Crippen molar-refractivity contribution in [2.75, 3.05) is 6.61 Å². The summed E-state index contributed by atoms with van der Waals surface area (Å²) in [5, 5.41) is 60.9. The molecule has 31 heavy (non-hydrogen) atoms. The highest BCUT2D eigenvalue weighted by Gasteiger charge is 2.51. The fraction of sp³-hybridized carbons (Fsp3) is 0.714. The van der Waals surface area contributed by atoms with Crippen molar-refractivity contribution in [2.24, 2.45) is 0 Å². The van der Waals surface area contributed by atoms with E-state index < -0.39 is 89.5 Å². The van der Waals surface area contributed by atoms with Gasteiger partial charge in [0.2, 0.25) is 18.0 Å². The number of aliphatic carboxylic acids is 1. The number of nitrogens with one attached hydrogen (secondary N) is 1. The van der Waals surface area contributed by atoms with Crippen LogP contribution in [0.1, 0.15) is 6.92 Å². The second-order valence-corrected chi connectivity index (χ2v) is 7.55. The van der Waals surface area contributed by atoms with Crippen molar-refractivity contribution in [1.29, 1.82) is 0 Å². The highest BCUT2D eigenvalue weighted by molar-refractivity contribution is 7.80. The minimum atomic E-state index is -5.30. The highest BCUT2D eigenvalue weighted by Crippen LogP contribution is 2.31. The predicted molar refractivity (Wildman–Crippen MR) is 91.0 cm³/mol. The number of carboxylic acid groups (broad SMARTS) is 1. The van der Waals surface area contributed by atoms with E-state index in [0.29, 0.717) is 0 Å². The molecule has 8 N–H and O–H groups in total. The Balaban J connectivity index is 2.39. The molecule has 2 heterocycles. The summed E-state index contributed by atoms with van der Waals surface area (Å²) in [6.07, 6.45) is -13.8. The van der Waals surface area contributed by atoms with Gasteiger partial charge in [0.05, 0.1) is 6.61 Å². The summed E-state index contributed by atoms with van der Waals surface area (Å²) in [5.74, 6) is -5.23. The number of carbonyl (C=O) groups is 2. The van der Waals surface area contributed by atoms with Crippen LogP contribution >= 0.6 is 0 Å². The number of rotatable bonds is 7. The monoisotopic (exact) mass is 475 g/mol. The van der Waals surface area contributed by atoms with E-state index in [9.17, 15) is 43.5 Å². The van der Waals surface area contributed by atoms with Crippen LogP contribution in [0.15, 0.2) is 11.5 Å². The molecule has 0 unspecified atom stereocenters. The lowest BCUT2D eigenvalue weighted by Gasteiger charge is -2.44. The average molecular weight is 475 g/mol. The van der Waals surface area contributed by atoms with Crippen molar-refractivity contribution in [3.8, 4) is 0 Å². The minimum Gasteiger partial charge on any atom is -0.506 e. The van der Waals surface area contributed by atoms with Gasteiger partial charge in [0.15, 0.2) is 18.2 Å². The molecular weight excluding hydrogens is 454 g/mol. The van der Waals surface area contributed by atoms with Crippen LogP contribution in [0.4, 0.5) is 0 Å². The summed E-state index contributed by atoms with van der Waals surface area (Å²) in [4.78, 5) is 22.5. The molecule has 1 fully saturated rings. The Bertz CT molecular complexity index is 828. The lowest BCUT2D eigenvalue weighted by atomic mass is 9.96. The molecule has 178 valence electrons. The number of aliphatic hydroxyl groups excluding tert-OH is 5. The molecule has 1 amide bonds. The third-order valence-corrected chi connectivity index (χ3v) is 4.75. The van der Waals surface area contributed by atoms with Crippen LogP contribution < -0.4 is 5.32 Å². The van der Waals surface area contributed by atoms with Gasteiger partial charge >= 0.3 is 16.4 Å². The number of hydrogen-bond acceptors (Lipinski definition) is 13. The molecule has 0 radical (unpaired) electrons. The van der Waals surface area contributed by atoms with Crippen LogP contribution in [0.2, 0.25) is 0 Å². The van der Waals surface area contributed by atoms with Crippen molar-refractivity contribution in [3.05, 3.63) is 11.5 Å². The van der Waals surface area contributed by atoms with Crippen LogP contribution in [0.5, 0.6) is 0 Å². The summed E-state index contributed by atoms with van der Waals surface area (Å²) in [6, 6.07) is -1.51.